The van der Waals surface area contributed by atoms with Crippen molar-refractivity contribution in [3.63, 3.8) is 0 Å². The van der Waals surface area contributed by atoms with Gasteiger partial charge in [-0.15, -0.1) is 0 Å². The molecule has 1 rings (SSSR count). The molecule has 19 heavy (non-hydrogen) atoms. The lowest BCUT2D eigenvalue weighted by atomic mass is 10.3. The number of benzene rings is 1. The number of aliphatic carboxylic acids is 1. The minimum atomic E-state index is -3.90. The van der Waals surface area contributed by atoms with Crippen LogP contribution < -0.4 is 4.72 Å². The first-order chi connectivity index (χ1) is 8.74. The second kappa shape index (κ2) is 6.42. The minimum absolute atomic E-state index is 0.0544. The first kappa shape index (κ1) is 16.0. The van der Waals surface area contributed by atoms with Gasteiger partial charge in [-0.05, 0) is 40.5 Å². The number of carboxylic acids is 1. The van der Waals surface area contributed by atoms with Crippen molar-refractivity contribution < 1.29 is 27.8 Å². The zero-order valence-corrected chi connectivity index (χ0v) is 11.9. The topological polar surface area (TPSA) is 104 Å². The van der Waals surface area contributed by atoms with Gasteiger partial charge in [0.2, 0.25) is 10.0 Å². The van der Waals surface area contributed by atoms with Crippen molar-refractivity contribution in [2.45, 2.75) is 17.4 Å². The van der Waals surface area contributed by atoms with Crippen molar-refractivity contribution in [3.8, 4) is 0 Å². The Hall–Kier alpha value is -1.03. The molecule has 6 nitrogen and oxygen atoms in total. The lowest BCUT2D eigenvalue weighted by Gasteiger charge is -2.09. The van der Waals surface area contributed by atoms with Gasteiger partial charge in [0, 0.05) is 11.0 Å². The quantitative estimate of drug-likeness (QED) is 0.696. The summed E-state index contributed by atoms with van der Waals surface area (Å²) < 4.78 is 38.7. The van der Waals surface area contributed by atoms with Gasteiger partial charge in [0.15, 0.2) is 6.10 Å². The van der Waals surface area contributed by atoms with E-state index in [0.717, 1.165) is 18.2 Å². The number of hydrogen-bond donors (Lipinski definition) is 3. The van der Waals surface area contributed by atoms with Crippen LogP contribution >= 0.6 is 15.9 Å². The monoisotopic (exact) mass is 355 g/mol. The fourth-order valence-electron chi connectivity index (χ4n) is 1.22. The maximum atomic E-state index is 12.8. The molecule has 0 amide bonds. The number of aliphatic hydroxyl groups excluding tert-OH is 1. The summed E-state index contributed by atoms with van der Waals surface area (Å²) in [4.78, 5) is 10.2. The summed E-state index contributed by atoms with van der Waals surface area (Å²) in [6.07, 6.45) is -1.91. The highest BCUT2D eigenvalue weighted by atomic mass is 79.9. The van der Waals surface area contributed by atoms with Crippen molar-refractivity contribution in [1.82, 2.24) is 4.72 Å². The third-order valence-electron chi connectivity index (χ3n) is 2.18. The molecule has 9 heteroatoms. The molecule has 0 spiro atoms. The van der Waals surface area contributed by atoms with Crippen LogP contribution in [0.2, 0.25) is 0 Å². The van der Waals surface area contributed by atoms with Crippen molar-refractivity contribution in [2.24, 2.45) is 0 Å². The molecule has 0 radical (unpaired) electrons. The Bertz CT molecular complexity index is 577. The highest BCUT2D eigenvalue weighted by molar-refractivity contribution is 9.10. The molecule has 0 saturated carbocycles. The number of rotatable bonds is 6. The third-order valence-corrected chi connectivity index (χ3v) is 4.62. The maximum Gasteiger partial charge on any atom is 0.332 e. The van der Waals surface area contributed by atoms with Crippen LogP contribution in [0.5, 0.6) is 0 Å². The summed E-state index contributed by atoms with van der Waals surface area (Å²) in [5, 5.41) is 17.4. The molecule has 0 fully saturated rings. The zero-order valence-electron chi connectivity index (χ0n) is 9.51. The Labute approximate surface area is 117 Å². The van der Waals surface area contributed by atoms with Gasteiger partial charge in [0.25, 0.3) is 0 Å². The number of carboxylic acid groups (broad SMARTS) is 1. The Morgan fingerprint density at radius 2 is 2.11 bits per heavy atom. The van der Waals surface area contributed by atoms with E-state index in [1.54, 1.807) is 0 Å². The first-order valence-electron chi connectivity index (χ1n) is 5.09. The number of aliphatic hydroxyl groups is 1. The largest absolute Gasteiger partial charge is 0.479 e. The Kier molecular flexibility index (Phi) is 5.41. The van der Waals surface area contributed by atoms with Gasteiger partial charge in [0.1, 0.15) is 5.82 Å². The molecule has 1 atom stereocenters. The predicted molar refractivity (Wildman–Crippen MR) is 67.5 cm³/mol. The average Bonchev–Trinajstić information content (AvgIpc) is 2.27. The van der Waals surface area contributed by atoms with Gasteiger partial charge in [-0.25, -0.2) is 22.3 Å². The molecule has 3 N–H and O–H groups in total. The first-order valence-corrected chi connectivity index (χ1v) is 7.37. The van der Waals surface area contributed by atoms with E-state index in [1.807, 2.05) is 0 Å². The summed E-state index contributed by atoms with van der Waals surface area (Å²) in [6, 6.07) is 3.07. The van der Waals surface area contributed by atoms with E-state index >= 15 is 0 Å². The van der Waals surface area contributed by atoms with E-state index in [1.165, 1.54) is 0 Å². The number of sulfonamides is 1. The van der Waals surface area contributed by atoms with Gasteiger partial charge in [-0.1, -0.05) is 0 Å². The fourth-order valence-corrected chi connectivity index (χ4v) is 3.32. The predicted octanol–water partition coefficient (Wildman–Crippen LogP) is 0.702. The lowest BCUT2D eigenvalue weighted by Crippen LogP contribution is -2.30. The lowest BCUT2D eigenvalue weighted by molar-refractivity contribution is -0.146. The molecule has 1 unspecified atom stereocenters. The second-order valence-corrected chi connectivity index (χ2v) is 6.20. The third kappa shape index (κ3) is 4.53. The van der Waals surface area contributed by atoms with Gasteiger partial charge < -0.3 is 10.2 Å². The van der Waals surface area contributed by atoms with Crippen LogP contribution in [0.4, 0.5) is 4.39 Å². The van der Waals surface area contributed by atoms with E-state index < -0.39 is 27.9 Å². The summed E-state index contributed by atoms with van der Waals surface area (Å²) in [6.45, 7) is -0.250. The minimum Gasteiger partial charge on any atom is -0.479 e. The van der Waals surface area contributed by atoms with E-state index in [-0.39, 0.29) is 22.3 Å². The van der Waals surface area contributed by atoms with Crippen LogP contribution in [0, 0.1) is 5.82 Å². The molecule has 1 aromatic carbocycles. The molecule has 1 aromatic rings. The molecule has 0 aliphatic heterocycles. The zero-order chi connectivity index (χ0) is 14.6. The highest BCUT2D eigenvalue weighted by Crippen LogP contribution is 2.22. The summed E-state index contributed by atoms with van der Waals surface area (Å²) in [5.41, 5.74) is 0. The van der Waals surface area contributed by atoms with Gasteiger partial charge in [-0.3, -0.25) is 0 Å². The molecule has 0 aliphatic carbocycles. The second-order valence-electron chi connectivity index (χ2n) is 3.62. The van der Waals surface area contributed by atoms with Crippen molar-refractivity contribution >= 4 is 31.9 Å². The normalized spacial score (nSPS) is 13.2. The number of halogens is 2. The van der Waals surface area contributed by atoms with Gasteiger partial charge in [-0.2, -0.15) is 0 Å². The molecule has 0 saturated heterocycles. The average molecular weight is 356 g/mol. The molecule has 0 aliphatic rings. The molecule has 0 bridgehead atoms. The van der Waals surface area contributed by atoms with E-state index in [9.17, 15) is 17.6 Å². The van der Waals surface area contributed by atoms with Crippen molar-refractivity contribution in [2.75, 3.05) is 6.54 Å². The smallest absolute Gasteiger partial charge is 0.332 e. The Balaban J connectivity index is 2.74. The molecular weight excluding hydrogens is 345 g/mol. The standard InChI is InChI=1S/C10H11BrFNO5S/c11-7-5-6(12)1-2-9(7)19(17,18)13-4-3-8(14)10(15)16/h1-2,5,8,13-14H,3-4H2,(H,15,16). The van der Waals surface area contributed by atoms with Crippen molar-refractivity contribution in [3.05, 3.63) is 28.5 Å². The van der Waals surface area contributed by atoms with Gasteiger partial charge in [0.05, 0.1) is 4.90 Å². The number of nitrogens with one attached hydrogen (secondary N) is 1. The number of hydrogen-bond acceptors (Lipinski definition) is 4. The van der Waals surface area contributed by atoms with E-state index in [0.29, 0.717) is 0 Å². The summed E-state index contributed by atoms with van der Waals surface area (Å²) in [7, 11) is -3.90. The number of carbonyl (C=O) groups is 1. The molecule has 106 valence electrons. The summed E-state index contributed by atoms with van der Waals surface area (Å²) >= 11 is 2.92. The Morgan fingerprint density at radius 1 is 1.47 bits per heavy atom. The van der Waals surface area contributed by atoms with Crippen LogP contribution in [-0.2, 0) is 14.8 Å². The molecule has 0 heterocycles. The SMILES string of the molecule is O=C(O)C(O)CCNS(=O)(=O)c1ccc(F)cc1Br. The summed E-state index contributed by atoms with van der Waals surface area (Å²) in [5.74, 6) is -2.02. The van der Waals surface area contributed by atoms with E-state index in [2.05, 4.69) is 20.7 Å². The van der Waals surface area contributed by atoms with Crippen LogP contribution in [0.1, 0.15) is 6.42 Å². The van der Waals surface area contributed by atoms with E-state index in [4.69, 9.17) is 10.2 Å². The highest BCUT2D eigenvalue weighted by Gasteiger charge is 2.19. The van der Waals surface area contributed by atoms with Crippen LogP contribution in [0.3, 0.4) is 0 Å². The van der Waals surface area contributed by atoms with Crippen LogP contribution in [-0.4, -0.2) is 37.2 Å². The van der Waals surface area contributed by atoms with Crippen LogP contribution in [0.25, 0.3) is 0 Å². The van der Waals surface area contributed by atoms with Gasteiger partial charge >= 0.3 is 5.97 Å². The van der Waals surface area contributed by atoms with Crippen molar-refractivity contribution in [1.29, 1.82) is 0 Å². The fraction of sp³-hybridized carbons (Fsp3) is 0.300. The molecular formula is C10H11BrFNO5S. The van der Waals surface area contributed by atoms with Crippen LogP contribution in [0.15, 0.2) is 27.6 Å². The molecule has 0 aromatic heterocycles. The Morgan fingerprint density at radius 3 is 2.63 bits per heavy atom. The maximum absolute atomic E-state index is 12.8.